The molecule has 28 heavy (non-hydrogen) atoms. The van der Waals surface area contributed by atoms with Gasteiger partial charge in [-0.15, -0.1) is 0 Å². The number of hydrogen-bond donors (Lipinski definition) is 3. The zero-order valence-electron chi connectivity index (χ0n) is 16.3. The summed E-state index contributed by atoms with van der Waals surface area (Å²) < 4.78 is 0. The van der Waals surface area contributed by atoms with Gasteiger partial charge in [-0.1, -0.05) is 18.2 Å². The van der Waals surface area contributed by atoms with E-state index in [1.54, 1.807) is 6.92 Å². The largest absolute Gasteiger partial charge is 0.480 e. The number of aromatic amines is 1. The van der Waals surface area contributed by atoms with Crippen LogP contribution < -0.4 is 5.32 Å². The third kappa shape index (κ3) is 2.75. The molecule has 0 spiro atoms. The van der Waals surface area contributed by atoms with Gasteiger partial charge in [-0.2, -0.15) is 0 Å². The lowest BCUT2D eigenvalue weighted by molar-refractivity contribution is -0.156. The van der Waals surface area contributed by atoms with Gasteiger partial charge in [0, 0.05) is 23.1 Å². The van der Waals surface area contributed by atoms with Crippen LogP contribution in [0.4, 0.5) is 0 Å². The number of para-hydroxylation sites is 1. The minimum atomic E-state index is -1.47. The van der Waals surface area contributed by atoms with Crippen molar-refractivity contribution in [3.63, 3.8) is 0 Å². The Morgan fingerprint density at radius 2 is 1.75 bits per heavy atom. The Morgan fingerprint density at radius 3 is 2.39 bits per heavy atom. The highest BCUT2D eigenvalue weighted by Gasteiger charge is 2.51. The number of hydrogen-bond acceptors (Lipinski definition) is 2. The molecule has 4 fully saturated rings. The van der Waals surface area contributed by atoms with Gasteiger partial charge in [0.2, 0.25) is 5.91 Å². The molecule has 1 unspecified atom stereocenters. The number of carbonyl (C=O) groups excluding carboxylic acids is 1. The molecule has 4 aliphatic carbocycles. The Kier molecular flexibility index (Phi) is 4.04. The van der Waals surface area contributed by atoms with Crippen LogP contribution in [-0.2, 0) is 16.0 Å². The number of carboxylic acids is 1. The van der Waals surface area contributed by atoms with Crippen molar-refractivity contribution < 1.29 is 14.7 Å². The second-order valence-corrected chi connectivity index (χ2v) is 9.60. The van der Waals surface area contributed by atoms with Gasteiger partial charge in [-0.05, 0) is 80.8 Å². The van der Waals surface area contributed by atoms with E-state index in [0.29, 0.717) is 11.8 Å². The van der Waals surface area contributed by atoms with Crippen LogP contribution in [0.25, 0.3) is 10.9 Å². The molecule has 148 valence electrons. The Labute approximate surface area is 164 Å². The normalized spacial score (nSPS) is 33.0. The lowest BCUT2D eigenvalue weighted by atomic mass is 9.54. The maximum Gasteiger partial charge on any atom is 0.319 e. The van der Waals surface area contributed by atoms with Gasteiger partial charge in [0.25, 0.3) is 0 Å². The Hall–Kier alpha value is -2.30. The van der Waals surface area contributed by atoms with Crippen LogP contribution in [0.15, 0.2) is 30.5 Å². The molecule has 2 aromatic rings. The molecule has 0 radical (unpaired) electrons. The molecule has 4 bridgehead atoms. The van der Waals surface area contributed by atoms with E-state index in [2.05, 4.69) is 10.3 Å². The maximum atomic E-state index is 13.3. The number of H-pyrrole nitrogens is 1. The number of carbonyl (C=O) groups is 2. The Bertz CT molecular complexity index is 905. The predicted octanol–water partition coefficient (Wildman–Crippen LogP) is 3.74. The lowest BCUT2D eigenvalue weighted by Gasteiger charge is -2.54. The van der Waals surface area contributed by atoms with Crippen molar-refractivity contribution in [3.8, 4) is 0 Å². The highest BCUT2D eigenvalue weighted by Crippen LogP contribution is 2.53. The molecule has 1 atom stereocenters. The quantitative estimate of drug-likeness (QED) is 0.691. The molecular weight excluding hydrogens is 352 g/mol. The van der Waals surface area contributed by atoms with Gasteiger partial charge in [0.05, 0.1) is 0 Å². The first kappa shape index (κ1) is 17.8. The van der Waals surface area contributed by atoms with E-state index in [9.17, 15) is 14.7 Å². The number of nitrogens with one attached hydrogen (secondary N) is 2. The Balaban J connectivity index is 1.38. The summed E-state index contributed by atoms with van der Waals surface area (Å²) in [4.78, 5) is 28.6. The molecule has 0 saturated heterocycles. The van der Waals surface area contributed by atoms with Crippen molar-refractivity contribution in [1.29, 1.82) is 0 Å². The summed E-state index contributed by atoms with van der Waals surface area (Å²) in [6.45, 7) is 1.57. The van der Waals surface area contributed by atoms with E-state index in [-0.39, 0.29) is 18.4 Å². The van der Waals surface area contributed by atoms with Crippen molar-refractivity contribution in [2.75, 3.05) is 0 Å². The maximum absolute atomic E-state index is 13.3. The standard InChI is InChI=1S/C23H28N2O3/c1-23(22(27)28,11-17-12-24-19-5-3-2-4-18(17)19)21(26)25-20-15-7-13-6-14(9-15)10-16(20)8-13/h2-5,12-16,20,24H,6-11H2,1H3,(H,25,26)(H,27,28). The predicted molar refractivity (Wildman–Crippen MR) is 107 cm³/mol. The summed E-state index contributed by atoms with van der Waals surface area (Å²) in [6, 6.07) is 7.97. The zero-order valence-corrected chi connectivity index (χ0v) is 16.3. The van der Waals surface area contributed by atoms with Crippen LogP contribution in [0.3, 0.4) is 0 Å². The Morgan fingerprint density at radius 1 is 1.11 bits per heavy atom. The molecule has 5 nitrogen and oxygen atoms in total. The van der Waals surface area contributed by atoms with Gasteiger partial charge < -0.3 is 15.4 Å². The fourth-order valence-corrected chi connectivity index (χ4v) is 6.38. The van der Waals surface area contributed by atoms with E-state index in [0.717, 1.165) is 28.3 Å². The second-order valence-electron chi connectivity index (χ2n) is 9.60. The van der Waals surface area contributed by atoms with Crippen molar-refractivity contribution in [2.45, 2.75) is 51.5 Å². The number of amides is 1. The molecule has 1 aromatic heterocycles. The monoisotopic (exact) mass is 380 g/mol. The van der Waals surface area contributed by atoms with Crippen LogP contribution in [0.2, 0.25) is 0 Å². The van der Waals surface area contributed by atoms with E-state index in [1.807, 2.05) is 30.5 Å². The highest BCUT2D eigenvalue weighted by atomic mass is 16.4. The summed E-state index contributed by atoms with van der Waals surface area (Å²) in [7, 11) is 0. The van der Waals surface area contributed by atoms with Crippen molar-refractivity contribution >= 4 is 22.8 Å². The van der Waals surface area contributed by atoms with Crippen LogP contribution in [0, 0.1) is 29.1 Å². The summed E-state index contributed by atoms with van der Waals surface area (Å²) in [6.07, 6.45) is 8.18. The number of fused-ring (bicyclic) bond motifs is 1. The van der Waals surface area contributed by atoms with Crippen LogP contribution in [0.5, 0.6) is 0 Å². The second kappa shape index (κ2) is 6.36. The molecule has 1 amide bonds. The van der Waals surface area contributed by atoms with E-state index < -0.39 is 11.4 Å². The average Bonchev–Trinajstić information content (AvgIpc) is 3.06. The molecule has 4 saturated carbocycles. The molecular formula is C23H28N2O3. The number of benzene rings is 1. The molecule has 1 heterocycles. The van der Waals surface area contributed by atoms with Gasteiger partial charge in [0.15, 0.2) is 0 Å². The average molecular weight is 380 g/mol. The van der Waals surface area contributed by atoms with E-state index >= 15 is 0 Å². The number of rotatable bonds is 5. The SMILES string of the molecule is CC(Cc1c[nH]c2ccccc12)(C(=O)O)C(=O)NC1C2CC3CC(C2)CC1C3. The third-order valence-corrected chi connectivity index (χ3v) is 7.72. The topological polar surface area (TPSA) is 82.2 Å². The van der Waals surface area contributed by atoms with Gasteiger partial charge in [-0.25, -0.2) is 0 Å². The van der Waals surface area contributed by atoms with E-state index in [4.69, 9.17) is 0 Å². The molecule has 5 heteroatoms. The zero-order chi connectivity index (χ0) is 19.5. The number of aliphatic carboxylic acids is 1. The highest BCUT2D eigenvalue weighted by molar-refractivity contribution is 6.02. The van der Waals surface area contributed by atoms with E-state index in [1.165, 1.54) is 32.1 Å². The van der Waals surface area contributed by atoms with Gasteiger partial charge in [0.1, 0.15) is 5.41 Å². The first-order chi connectivity index (χ1) is 13.4. The fourth-order valence-electron chi connectivity index (χ4n) is 6.38. The first-order valence-corrected chi connectivity index (χ1v) is 10.5. The molecule has 3 N–H and O–H groups in total. The van der Waals surface area contributed by atoms with Crippen molar-refractivity contribution in [1.82, 2.24) is 10.3 Å². The van der Waals surface area contributed by atoms with Crippen LogP contribution >= 0.6 is 0 Å². The van der Waals surface area contributed by atoms with Crippen LogP contribution in [0.1, 0.15) is 44.6 Å². The van der Waals surface area contributed by atoms with Gasteiger partial charge in [-0.3, -0.25) is 9.59 Å². The van der Waals surface area contributed by atoms with Gasteiger partial charge >= 0.3 is 5.97 Å². The molecule has 0 aliphatic heterocycles. The lowest BCUT2D eigenvalue weighted by Crippen LogP contribution is -2.59. The number of carboxylic acid groups (broad SMARTS) is 1. The summed E-state index contributed by atoms with van der Waals surface area (Å²) >= 11 is 0. The summed E-state index contributed by atoms with van der Waals surface area (Å²) in [5.41, 5.74) is 0.368. The molecule has 1 aromatic carbocycles. The van der Waals surface area contributed by atoms with Crippen molar-refractivity contribution in [3.05, 3.63) is 36.0 Å². The molecule has 4 aliphatic rings. The minimum absolute atomic E-state index is 0.155. The first-order valence-electron chi connectivity index (χ1n) is 10.5. The molecule has 6 rings (SSSR count). The number of aromatic nitrogens is 1. The third-order valence-electron chi connectivity index (χ3n) is 7.72. The summed E-state index contributed by atoms with van der Waals surface area (Å²) in [5, 5.41) is 14.2. The summed E-state index contributed by atoms with van der Waals surface area (Å²) in [5.74, 6) is 1.33. The smallest absolute Gasteiger partial charge is 0.319 e. The van der Waals surface area contributed by atoms with Crippen molar-refractivity contribution in [2.24, 2.45) is 29.1 Å². The minimum Gasteiger partial charge on any atom is -0.480 e. The fraction of sp³-hybridized carbons (Fsp3) is 0.565. The van der Waals surface area contributed by atoms with Crippen LogP contribution in [-0.4, -0.2) is 28.0 Å².